The fourth-order valence-electron chi connectivity index (χ4n) is 3.92. The van der Waals surface area contributed by atoms with Gasteiger partial charge in [0.1, 0.15) is 12.4 Å². The largest absolute Gasteiger partial charge is 0.460 e. The molecule has 36 heavy (non-hydrogen) atoms. The second-order valence-electron chi connectivity index (χ2n) is 8.50. The monoisotopic (exact) mass is 495 g/mol. The van der Waals surface area contributed by atoms with Crippen molar-refractivity contribution in [1.29, 1.82) is 0 Å². The van der Waals surface area contributed by atoms with Gasteiger partial charge >= 0.3 is 12.0 Å². The number of carbonyl (C=O) groups is 3. The topological polar surface area (TPSA) is 122 Å². The van der Waals surface area contributed by atoms with Gasteiger partial charge in [0.05, 0.1) is 25.3 Å². The number of hydrogen-bond donors (Lipinski definition) is 3. The molecule has 1 fully saturated rings. The number of carbonyl (C=O) groups excluding carboxylic acids is 3. The molecule has 0 aliphatic heterocycles. The number of amides is 3. The molecule has 1 saturated carbocycles. The molecule has 0 bridgehead atoms. The van der Waals surface area contributed by atoms with Crippen LogP contribution in [0.25, 0.3) is 0 Å². The summed E-state index contributed by atoms with van der Waals surface area (Å²) in [5.74, 6) is -0.312. The van der Waals surface area contributed by atoms with Crippen molar-refractivity contribution in [2.75, 3.05) is 30.9 Å². The highest BCUT2D eigenvalue weighted by atomic mass is 16.7. The number of hydroxylamine groups is 2. The quantitative estimate of drug-likeness (QED) is 0.187. The zero-order valence-electron chi connectivity index (χ0n) is 20.7. The second-order valence-corrected chi connectivity index (χ2v) is 8.50. The number of hydrogen-bond acceptors (Lipinski definition) is 7. The Balaban J connectivity index is 1.55. The van der Waals surface area contributed by atoms with Crippen molar-refractivity contribution >= 4 is 29.4 Å². The zero-order valence-corrected chi connectivity index (χ0v) is 20.7. The van der Waals surface area contributed by atoms with Crippen molar-refractivity contribution < 1.29 is 24.0 Å². The van der Waals surface area contributed by atoms with E-state index in [4.69, 9.17) is 9.57 Å². The molecule has 1 aliphatic rings. The number of ether oxygens (including phenoxy) is 1. The molecule has 3 rings (SSSR count). The van der Waals surface area contributed by atoms with E-state index in [1.807, 2.05) is 24.3 Å². The van der Waals surface area contributed by atoms with Crippen LogP contribution in [0.5, 0.6) is 0 Å². The summed E-state index contributed by atoms with van der Waals surface area (Å²) >= 11 is 0. The van der Waals surface area contributed by atoms with Crippen LogP contribution < -0.4 is 16.0 Å². The fourth-order valence-corrected chi connectivity index (χ4v) is 3.92. The number of aromatic nitrogens is 1. The Morgan fingerprint density at radius 1 is 1.17 bits per heavy atom. The lowest BCUT2D eigenvalue weighted by Gasteiger charge is -2.27. The molecule has 0 saturated heterocycles. The molecule has 1 aromatic carbocycles. The Bertz CT molecular complexity index is 1080. The number of esters is 1. The molecule has 0 radical (unpaired) electrons. The number of nitrogens with zero attached hydrogens (tertiary/aromatic N) is 2. The SMILES string of the molecule is C=C(C)C(=O)OCCNC(=O)Nc1cc(CNc2ccccc2C(=O)N(OC)C2CCCC2)ccn1. The molecule has 10 nitrogen and oxygen atoms in total. The van der Waals surface area contributed by atoms with Crippen molar-refractivity contribution in [2.24, 2.45) is 0 Å². The molecule has 3 N–H and O–H groups in total. The number of rotatable bonds is 11. The van der Waals surface area contributed by atoms with Crippen LogP contribution in [-0.2, 0) is 20.9 Å². The number of urea groups is 1. The first kappa shape index (κ1) is 26.7. The lowest BCUT2D eigenvalue weighted by molar-refractivity contribution is -0.138. The second kappa shape index (κ2) is 13.2. The van der Waals surface area contributed by atoms with E-state index in [0.717, 1.165) is 31.2 Å². The van der Waals surface area contributed by atoms with Crippen molar-refractivity contribution in [3.63, 3.8) is 0 Å². The lowest BCUT2D eigenvalue weighted by atomic mass is 10.1. The van der Waals surface area contributed by atoms with Crippen molar-refractivity contribution in [3.8, 4) is 0 Å². The summed E-state index contributed by atoms with van der Waals surface area (Å²) in [7, 11) is 1.53. The first-order valence-corrected chi connectivity index (χ1v) is 11.9. The highest BCUT2D eigenvalue weighted by molar-refractivity contribution is 5.99. The predicted molar refractivity (Wildman–Crippen MR) is 136 cm³/mol. The number of benzene rings is 1. The van der Waals surface area contributed by atoms with E-state index in [1.54, 1.807) is 25.3 Å². The highest BCUT2D eigenvalue weighted by Crippen LogP contribution is 2.27. The summed E-state index contributed by atoms with van der Waals surface area (Å²) in [6.45, 7) is 5.65. The van der Waals surface area contributed by atoms with Gasteiger partial charge in [-0.25, -0.2) is 19.6 Å². The molecule has 0 atom stereocenters. The Labute approximate surface area is 211 Å². The normalized spacial score (nSPS) is 13.1. The molecule has 1 aromatic heterocycles. The summed E-state index contributed by atoms with van der Waals surface area (Å²) in [6.07, 6.45) is 5.66. The Hall–Kier alpha value is -3.92. The van der Waals surface area contributed by atoms with Gasteiger partial charge in [-0.3, -0.25) is 14.9 Å². The van der Waals surface area contributed by atoms with Gasteiger partial charge in [0.2, 0.25) is 0 Å². The highest BCUT2D eigenvalue weighted by Gasteiger charge is 2.29. The predicted octanol–water partition coefficient (Wildman–Crippen LogP) is 3.88. The minimum absolute atomic E-state index is 0.0376. The maximum absolute atomic E-state index is 13.2. The summed E-state index contributed by atoms with van der Waals surface area (Å²) in [5.41, 5.74) is 2.38. The Kier molecular flexibility index (Phi) is 9.82. The van der Waals surface area contributed by atoms with Gasteiger partial charge in [-0.05, 0) is 49.6 Å². The van der Waals surface area contributed by atoms with Crippen LogP contribution in [0, 0.1) is 0 Å². The maximum atomic E-state index is 13.2. The number of nitrogens with one attached hydrogen (secondary N) is 3. The van der Waals surface area contributed by atoms with E-state index in [2.05, 4.69) is 27.5 Å². The van der Waals surface area contributed by atoms with Crippen LogP contribution in [0.1, 0.15) is 48.5 Å². The first-order valence-electron chi connectivity index (χ1n) is 11.9. The number of anilines is 2. The molecular weight excluding hydrogens is 462 g/mol. The van der Waals surface area contributed by atoms with E-state index >= 15 is 0 Å². The van der Waals surface area contributed by atoms with Crippen molar-refractivity contribution in [2.45, 2.75) is 45.2 Å². The van der Waals surface area contributed by atoms with Crippen LogP contribution in [0.2, 0.25) is 0 Å². The molecular formula is C26H33N5O5. The minimum atomic E-state index is -0.504. The fraction of sp³-hybridized carbons (Fsp3) is 0.385. The summed E-state index contributed by atoms with van der Waals surface area (Å²) in [6, 6.07) is 10.5. The molecule has 2 aromatic rings. The number of para-hydroxylation sites is 1. The van der Waals surface area contributed by atoms with Crippen LogP contribution in [0.15, 0.2) is 54.7 Å². The number of pyridine rings is 1. The van der Waals surface area contributed by atoms with E-state index < -0.39 is 12.0 Å². The van der Waals surface area contributed by atoms with Crippen molar-refractivity contribution in [3.05, 3.63) is 65.9 Å². The Morgan fingerprint density at radius 3 is 2.64 bits per heavy atom. The van der Waals surface area contributed by atoms with E-state index in [-0.39, 0.29) is 25.1 Å². The van der Waals surface area contributed by atoms with Gasteiger partial charge in [-0.2, -0.15) is 0 Å². The van der Waals surface area contributed by atoms with E-state index in [1.165, 1.54) is 12.2 Å². The van der Waals surface area contributed by atoms with Gasteiger partial charge in [-0.1, -0.05) is 31.6 Å². The van der Waals surface area contributed by atoms with Gasteiger partial charge in [0.15, 0.2) is 0 Å². The van der Waals surface area contributed by atoms with Gasteiger partial charge in [0, 0.05) is 24.0 Å². The van der Waals surface area contributed by atoms with Gasteiger partial charge < -0.3 is 15.4 Å². The maximum Gasteiger partial charge on any atom is 0.333 e. The van der Waals surface area contributed by atoms with E-state index in [0.29, 0.717) is 29.2 Å². The molecule has 10 heteroatoms. The third-order valence-electron chi connectivity index (χ3n) is 5.73. The molecule has 0 spiro atoms. The third kappa shape index (κ3) is 7.54. The molecule has 0 unspecified atom stereocenters. The average Bonchev–Trinajstić information content (AvgIpc) is 3.40. The zero-order chi connectivity index (χ0) is 25.9. The van der Waals surface area contributed by atoms with Crippen molar-refractivity contribution in [1.82, 2.24) is 15.4 Å². The standard InChI is InChI=1S/C26H33N5O5/c1-18(2)25(33)36-15-14-28-26(34)30-23-16-19(12-13-27-23)17-29-22-11-7-6-10-21(22)24(32)31(35-3)20-8-4-5-9-20/h6-7,10-13,16,20,29H,1,4-5,8-9,14-15,17H2,2-3H3,(H2,27,28,30,34). The molecule has 1 aliphatic carbocycles. The van der Waals surface area contributed by atoms with E-state index in [9.17, 15) is 14.4 Å². The summed E-state index contributed by atoms with van der Waals surface area (Å²) < 4.78 is 4.93. The molecule has 3 amide bonds. The minimum Gasteiger partial charge on any atom is -0.460 e. The summed E-state index contributed by atoms with van der Waals surface area (Å²) in [4.78, 5) is 46.3. The lowest BCUT2D eigenvalue weighted by Crippen LogP contribution is -2.38. The Morgan fingerprint density at radius 2 is 1.92 bits per heavy atom. The van der Waals surface area contributed by atoms with Crippen LogP contribution in [-0.4, -0.2) is 54.3 Å². The average molecular weight is 496 g/mol. The smallest absolute Gasteiger partial charge is 0.333 e. The van der Waals surface area contributed by atoms with Gasteiger partial charge in [0.25, 0.3) is 5.91 Å². The molecule has 192 valence electrons. The van der Waals surface area contributed by atoms with Crippen LogP contribution in [0.4, 0.5) is 16.3 Å². The summed E-state index contributed by atoms with van der Waals surface area (Å²) in [5, 5.41) is 10.0. The first-order chi connectivity index (χ1) is 17.4. The van der Waals surface area contributed by atoms with Crippen LogP contribution >= 0.6 is 0 Å². The van der Waals surface area contributed by atoms with Gasteiger partial charge in [-0.15, -0.1) is 0 Å². The van der Waals surface area contributed by atoms with Crippen LogP contribution in [0.3, 0.4) is 0 Å². The third-order valence-corrected chi connectivity index (χ3v) is 5.73. The molecule has 1 heterocycles.